The first-order valence-electron chi connectivity index (χ1n) is 5.76. The molecule has 1 rings (SSSR count). The highest BCUT2D eigenvalue weighted by molar-refractivity contribution is 5.88. The van der Waals surface area contributed by atoms with Crippen molar-refractivity contribution >= 4 is 11.7 Å². The normalized spacial score (nSPS) is 11.4. The number of nitrogens with one attached hydrogen (secondary N) is 1. The van der Waals surface area contributed by atoms with Crippen LogP contribution < -0.4 is 5.32 Å². The molecule has 1 N–H and O–H groups in total. The molecule has 7 heteroatoms. The van der Waals surface area contributed by atoms with Crippen LogP contribution in [0.1, 0.15) is 13.3 Å². The maximum atomic E-state index is 13.3. The predicted molar refractivity (Wildman–Crippen MR) is 65.2 cm³/mol. The summed E-state index contributed by atoms with van der Waals surface area (Å²) in [5.41, 5.74) is -0.642. The lowest BCUT2D eigenvalue weighted by molar-refractivity contribution is -0.136. The zero-order valence-corrected chi connectivity index (χ0v) is 10.9. The molecule has 0 unspecified atom stereocenters. The Labute approximate surface area is 113 Å². The molecule has 0 atom stereocenters. The number of esters is 1. The summed E-state index contributed by atoms with van der Waals surface area (Å²) in [6.07, 6.45) is 1.67. The zero-order valence-electron chi connectivity index (χ0n) is 10.9. The molecule has 0 spiro atoms. The Morgan fingerprint density at radius 1 is 1.25 bits per heavy atom. The van der Waals surface area contributed by atoms with Gasteiger partial charge in [-0.05, 0) is 6.42 Å². The van der Waals surface area contributed by atoms with E-state index in [1.165, 1.54) is 13.2 Å². The minimum atomic E-state index is -1.52. The first kappa shape index (κ1) is 16.0. The Bertz CT molecular complexity index is 517. The van der Waals surface area contributed by atoms with Crippen LogP contribution in [0.2, 0.25) is 0 Å². The van der Waals surface area contributed by atoms with Crippen molar-refractivity contribution in [3.8, 4) is 0 Å². The molecule has 0 fully saturated rings. The summed E-state index contributed by atoms with van der Waals surface area (Å²) in [4.78, 5) is 11.2. The highest BCUT2D eigenvalue weighted by Gasteiger charge is 2.18. The van der Waals surface area contributed by atoms with Gasteiger partial charge >= 0.3 is 5.97 Å². The minimum Gasteiger partial charge on any atom is -0.466 e. The SMILES string of the molecule is CC/C(=C/CNc1c(F)c(F)cc(F)c1F)C(=O)OC. The average Bonchev–Trinajstić information content (AvgIpc) is 2.44. The van der Waals surface area contributed by atoms with Crippen LogP contribution in [0.4, 0.5) is 23.2 Å². The summed E-state index contributed by atoms with van der Waals surface area (Å²) in [5, 5.41) is 2.19. The van der Waals surface area contributed by atoms with Gasteiger partial charge in [-0.3, -0.25) is 0 Å². The van der Waals surface area contributed by atoms with Gasteiger partial charge in [0.2, 0.25) is 0 Å². The third-order valence-electron chi connectivity index (χ3n) is 2.57. The zero-order chi connectivity index (χ0) is 15.3. The van der Waals surface area contributed by atoms with Gasteiger partial charge in [-0.2, -0.15) is 0 Å². The molecule has 0 amide bonds. The van der Waals surface area contributed by atoms with Crippen molar-refractivity contribution < 1.29 is 27.1 Å². The molecule has 110 valence electrons. The van der Waals surface area contributed by atoms with Gasteiger partial charge < -0.3 is 10.1 Å². The van der Waals surface area contributed by atoms with E-state index in [9.17, 15) is 22.4 Å². The predicted octanol–water partition coefficient (Wildman–Crippen LogP) is 3.16. The number of hydrogen-bond acceptors (Lipinski definition) is 3. The van der Waals surface area contributed by atoms with E-state index in [1.54, 1.807) is 6.92 Å². The fraction of sp³-hybridized carbons (Fsp3) is 0.308. The first-order valence-corrected chi connectivity index (χ1v) is 5.76. The smallest absolute Gasteiger partial charge is 0.333 e. The topological polar surface area (TPSA) is 38.3 Å². The van der Waals surface area contributed by atoms with Crippen LogP contribution in [0.15, 0.2) is 17.7 Å². The van der Waals surface area contributed by atoms with Crippen molar-refractivity contribution in [1.29, 1.82) is 0 Å². The van der Waals surface area contributed by atoms with Crippen molar-refractivity contribution in [3.05, 3.63) is 41.0 Å². The molecule has 0 aromatic heterocycles. The monoisotopic (exact) mass is 291 g/mol. The van der Waals surface area contributed by atoms with Crippen LogP contribution in [-0.2, 0) is 9.53 Å². The van der Waals surface area contributed by atoms with Crippen LogP contribution in [0, 0.1) is 23.3 Å². The summed E-state index contributed by atoms with van der Waals surface area (Å²) in [6.45, 7) is 1.50. The first-order chi connectivity index (χ1) is 9.42. The molecule has 1 aromatic rings. The number of ether oxygens (including phenoxy) is 1. The third kappa shape index (κ3) is 3.49. The van der Waals surface area contributed by atoms with E-state index < -0.39 is 34.9 Å². The third-order valence-corrected chi connectivity index (χ3v) is 2.57. The highest BCUT2D eigenvalue weighted by Crippen LogP contribution is 2.23. The van der Waals surface area contributed by atoms with Crippen LogP contribution in [-0.4, -0.2) is 19.6 Å². The van der Waals surface area contributed by atoms with Gasteiger partial charge in [0.1, 0.15) is 5.69 Å². The Hall–Kier alpha value is -2.05. The Balaban J connectivity index is 2.91. The lowest BCUT2D eigenvalue weighted by Crippen LogP contribution is -2.10. The van der Waals surface area contributed by atoms with Gasteiger partial charge in [0.05, 0.1) is 7.11 Å². The summed E-state index contributed by atoms with van der Waals surface area (Å²) < 4.78 is 57.0. The second-order valence-corrected chi connectivity index (χ2v) is 3.80. The van der Waals surface area contributed by atoms with Crippen LogP contribution in [0.3, 0.4) is 0 Å². The van der Waals surface area contributed by atoms with E-state index in [1.807, 2.05) is 0 Å². The summed E-state index contributed by atoms with van der Waals surface area (Å²) in [5.74, 6) is -6.62. The highest BCUT2D eigenvalue weighted by atomic mass is 19.2. The molecule has 0 saturated carbocycles. The van der Waals surface area contributed by atoms with E-state index in [4.69, 9.17) is 0 Å². The molecule has 1 aromatic carbocycles. The van der Waals surface area contributed by atoms with E-state index in [0.29, 0.717) is 6.42 Å². The molecule has 0 saturated heterocycles. The number of benzene rings is 1. The van der Waals surface area contributed by atoms with Crippen molar-refractivity contribution in [3.63, 3.8) is 0 Å². The molecule has 0 aliphatic carbocycles. The van der Waals surface area contributed by atoms with E-state index in [-0.39, 0.29) is 18.2 Å². The maximum Gasteiger partial charge on any atom is 0.333 e. The molecular weight excluding hydrogens is 278 g/mol. The van der Waals surface area contributed by atoms with Gasteiger partial charge in [0, 0.05) is 18.2 Å². The molecule has 0 aliphatic heterocycles. The molecule has 0 radical (unpaired) electrons. The average molecular weight is 291 g/mol. The Kier molecular flexibility index (Phi) is 5.54. The quantitative estimate of drug-likeness (QED) is 0.392. The van der Waals surface area contributed by atoms with Gasteiger partial charge in [-0.1, -0.05) is 13.0 Å². The van der Waals surface area contributed by atoms with E-state index >= 15 is 0 Å². The molecule has 0 aliphatic rings. The number of carbonyl (C=O) groups excluding carboxylic acids is 1. The van der Waals surface area contributed by atoms with E-state index in [0.717, 1.165) is 0 Å². The fourth-order valence-electron chi connectivity index (χ4n) is 1.51. The van der Waals surface area contributed by atoms with Crippen LogP contribution in [0.25, 0.3) is 0 Å². The second kappa shape index (κ2) is 6.93. The van der Waals surface area contributed by atoms with Crippen molar-refractivity contribution in [2.75, 3.05) is 19.0 Å². The Morgan fingerprint density at radius 2 is 1.80 bits per heavy atom. The number of anilines is 1. The summed E-state index contributed by atoms with van der Waals surface area (Å²) in [7, 11) is 1.19. The molecular formula is C13H13F4NO2. The lowest BCUT2D eigenvalue weighted by Gasteiger charge is -2.09. The molecule has 20 heavy (non-hydrogen) atoms. The van der Waals surface area contributed by atoms with Crippen molar-refractivity contribution in [1.82, 2.24) is 0 Å². The van der Waals surface area contributed by atoms with Gasteiger partial charge in [-0.15, -0.1) is 0 Å². The second-order valence-electron chi connectivity index (χ2n) is 3.80. The standard InChI is InChI=1S/C13H13F4NO2/c1-3-7(13(19)20-2)4-5-18-12-10(16)8(14)6-9(15)11(12)17/h4,6,18H,3,5H2,1-2H3/b7-4-. The lowest BCUT2D eigenvalue weighted by atomic mass is 10.2. The van der Waals surface area contributed by atoms with Crippen molar-refractivity contribution in [2.24, 2.45) is 0 Å². The van der Waals surface area contributed by atoms with Crippen LogP contribution >= 0.6 is 0 Å². The number of rotatable bonds is 5. The van der Waals surface area contributed by atoms with Crippen molar-refractivity contribution in [2.45, 2.75) is 13.3 Å². The minimum absolute atomic E-state index is 0.123. The largest absolute Gasteiger partial charge is 0.466 e. The molecule has 3 nitrogen and oxygen atoms in total. The fourth-order valence-corrected chi connectivity index (χ4v) is 1.51. The van der Waals surface area contributed by atoms with Gasteiger partial charge in [0.25, 0.3) is 0 Å². The summed E-state index contributed by atoms with van der Waals surface area (Å²) in [6, 6.07) is 0.123. The Morgan fingerprint density at radius 3 is 2.25 bits per heavy atom. The van der Waals surface area contributed by atoms with E-state index in [2.05, 4.69) is 10.1 Å². The molecule has 0 heterocycles. The van der Waals surface area contributed by atoms with Gasteiger partial charge in [-0.25, -0.2) is 22.4 Å². The summed E-state index contributed by atoms with van der Waals surface area (Å²) >= 11 is 0. The number of hydrogen-bond donors (Lipinski definition) is 1. The van der Waals surface area contributed by atoms with Gasteiger partial charge in [0.15, 0.2) is 23.3 Å². The van der Waals surface area contributed by atoms with Crippen LogP contribution in [0.5, 0.6) is 0 Å². The number of methoxy groups -OCH3 is 1. The number of carbonyl (C=O) groups is 1. The maximum absolute atomic E-state index is 13.3. The molecule has 0 bridgehead atoms. The number of halogens is 4.